The molecule has 4 nitrogen and oxygen atoms in total. The van der Waals surface area contributed by atoms with Gasteiger partial charge in [0.05, 0.1) is 27.0 Å². The molecule has 1 aliphatic heterocycles. The highest BCUT2D eigenvalue weighted by molar-refractivity contribution is 7.84. The molecule has 0 unspecified atom stereocenters. The zero-order valence-electron chi connectivity index (χ0n) is 18.0. The second-order valence-corrected chi connectivity index (χ2v) is 10.8. The van der Waals surface area contributed by atoms with Crippen molar-refractivity contribution >= 4 is 22.6 Å². The molecule has 0 saturated carbocycles. The molecular weight excluding hydrogens is 425 g/mol. The largest absolute Gasteiger partial charge is 0.418 e. The van der Waals surface area contributed by atoms with Crippen molar-refractivity contribution in [1.29, 1.82) is 0 Å². The predicted molar refractivity (Wildman–Crippen MR) is 117 cm³/mol. The van der Waals surface area contributed by atoms with E-state index in [-0.39, 0.29) is 12.2 Å². The maximum Gasteiger partial charge on any atom is 0.418 e. The molecule has 0 aromatic heterocycles. The van der Waals surface area contributed by atoms with Crippen molar-refractivity contribution in [3.8, 4) is 0 Å². The summed E-state index contributed by atoms with van der Waals surface area (Å²) in [4.78, 5) is 13.4. The van der Waals surface area contributed by atoms with Crippen LogP contribution >= 0.6 is 0 Å². The van der Waals surface area contributed by atoms with E-state index in [1.165, 1.54) is 11.8 Å². The summed E-state index contributed by atoms with van der Waals surface area (Å²) in [7, 11) is -1.47. The summed E-state index contributed by atoms with van der Waals surface area (Å²) in [6.07, 6.45) is -3.93. The Balaban J connectivity index is 2.15. The second kappa shape index (κ2) is 8.74. The van der Waals surface area contributed by atoms with Crippen molar-refractivity contribution in [3.63, 3.8) is 0 Å². The van der Waals surface area contributed by atoms with Gasteiger partial charge in [-0.05, 0) is 56.4 Å². The molecule has 1 aliphatic rings. The maximum atomic E-state index is 14.1. The number of halogens is 3. The fourth-order valence-corrected chi connectivity index (χ4v) is 4.56. The molecule has 168 valence electrons. The number of amides is 1. The van der Waals surface area contributed by atoms with Gasteiger partial charge in [-0.15, -0.1) is 0 Å². The van der Waals surface area contributed by atoms with E-state index in [2.05, 4.69) is 4.72 Å². The fourth-order valence-electron chi connectivity index (χ4n) is 3.70. The first-order valence-corrected chi connectivity index (χ1v) is 11.3. The summed E-state index contributed by atoms with van der Waals surface area (Å²) in [6, 6.07) is 11.5. The normalized spacial score (nSPS) is 17.9. The third kappa shape index (κ3) is 5.36. The SMILES string of the molecule is CC(=O)N1CC[C@@H](N[S@@](=O)C(C)(C)C)c2cc(Cc3ccccc3)cc(C(F)(F)F)c21. The van der Waals surface area contributed by atoms with Crippen molar-refractivity contribution in [2.24, 2.45) is 0 Å². The van der Waals surface area contributed by atoms with Crippen LogP contribution < -0.4 is 9.62 Å². The van der Waals surface area contributed by atoms with Gasteiger partial charge in [0, 0.05) is 19.5 Å². The predicted octanol–water partition coefficient (Wildman–Crippen LogP) is 5.15. The standard InChI is InChI=1S/C23H27F3N2O2S/c1-15(29)28-11-10-20(27-31(30)22(2,3)4)18-13-17(12-16-8-6-5-7-9-16)14-19(21(18)28)23(24,25)26/h5-9,13-14,20,27H,10-12H2,1-4H3/t20-,31+/m1/s1. The average Bonchev–Trinajstić information content (AvgIpc) is 2.66. The van der Waals surface area contributed by atoms with Gasteiger partial charge in [-0.25, -0.2) is 8.93 Å². The summed E-state index contributed by atoms with van der Waals surface area (Å²) in [5, 5.41) is 0. The highest BCUT2D eigenvalue weighted by atomic mass is 32.2. The highest BCUT2D eigenvalue weighted by Gasteiger charge is 2.41. The number of hydrogen-bond acceptors (Lipinski definition) is 2. The van der Waals surface area contributed by atoms with Gasteiger partial charge in [-0.2, -0.15) is 13.2 Å². The molecule has 0 saturated heterocycles. The van der Waals surface area contributed by atoms with Crippen LogP contribution in [0.1, 0.15) is 62.4 Å². The van der Waals surface area contributed by atoms with Crippen LogP contribution in [-0.4, -0.2) is 21.4 Å². The Morgan fingerprint density at radius 1 is 1.13 bits per heavy atom. The molecule has 0 bridgehead atoms. The van der Waals surface area contributed by atoms with E-state index >= 15 is 0 Å². The first kappa shape index (κ1) is 23.5. The Morgan fingerprint density at radius 2 is 1.77 bits per heavy atom. The molecule has 0 fully saturated rings. The first-order valence-electron chi connectivity index (χ1n) is 10.1. The van der Waals surface area contributed by atoms with Crippen molar-refractivity contribution in [3.05, 3.63) is 64.7 Å². The minimum absolute atomic E-state index is 0.127. The summed E-state index contributed by atoms with van der Waals surface area (Å²) in [5.41, 5.74) is 0.777. The Bertz CT molecular complexity index is 985. The van der Waals surface area contributed by atoms with Gasteiger partial charge in [0.2, 0.25) is 5.91 Å². The molecule has 2 aromatic carbocycles. The molecule has 0 radical (unpaired) electrons. The van der Waals surface area contributed by atoms with Crippen LogP contribution in [0.2, 0.25) is 0 Å². The smallest absolute Gasteiger partial charge is 0.312 e. The lowest BCUT2D eigenvalue weighted by Crippen LogP contribution is -2.43. The second-order valence-electron chi connectivity index (χ2n) is 8.75. The number of nitrogens with one attached hydrogen (secondary N) is 1. The quantitative estimate of drug-likeness (QED) is 0.698. The Labute approximate surface area is 183 Å². The van der Waals surface area contributed by atoms with Gasteiger partial charge in [0.1, 0.15) is 0 Å². The van der Waals surface area contributed by atoms with E-state index in [0.29, 0.717) is 24.0 Å². The highest BCUT2D eigenvalue weighted by Crippen LogP contribution is 2.45. The Kier molecular flexibility index (Phi) is 6.62. The van der Waals surface area contributed by atoms with E-state index in [0.717, 1.165) is 11.6 Å². The van der Waals surface area contributed by atoms with Crippen molar-refractivity contribution in [2.75, 3.05) is 11.4 Å². The number of rotatable bonds is 4. The molecule has 2 aromatic rings. The van der Waals surface area contributed by atoms with Crippen LogP contribution in [0.5, 0.6) is 0 Å². The lowest BCUT2D eigenvalue weighted by molar-refractivity contribution is -0.137. The van der Waals surface area contributed by atoms with E-state index in [9.17, 15) is 22.2 Å². The summed E-state index contributed by atoms with van der Waals surface area (Å²) in [5.74, 6) is -0.446. The third-order valence-electron chi connectivity index (χ3n) is 5.23. The van der Waals surface area contributed by atoms with Gasteiger partial charge in [-0.3, -0.25) is 4.79 Å². The molecule has 8 heteroatoms. The number of carbonyl (C=O) groups is 1. The van der Waals surface area contributed by atoms with E-state index in [1.54, 1.807) is 26.8 Å². The van der Waals surface area contributed by atoms with Crippen molar-refractivity contribution in [1.82, 2.24) is 4.72 Å². The summed E-state index contributed by atoms with van der Waals surface area (Å²) < 4.78 is 57.4. The van der Waals surface area contributed by atoms with E-state index in [4.69, 9.17) is 0 Å². The van der Waals surface area contributed by atoms with Crippen LogP contribution in [-0.2, 0) is 28.4 Å². The number of fused-ring (bicyclic) bond motifs is 1. The zero-order chi connectivity index (χ0) is 23.0. The molecule has 0 aliphatic carbocycles. The molecule has 0 spiro atoms. The van der Waals surface area contributed by atoms with Crippen molar-refractivity contribution < 1.29 is 22.2 Å². The van der Waals surface area contributed by atoms with Gasteiger partial charge in [0.25, 0.3) is 0 Å². The molecule has 31 heavy (non-hydrogen) atoms. The van der Waals surface area contributed by atoms with E-state index < -0.39 is 39.4 Å². The minimum atomic E-state index is -4.63. The van der Waals surface area contributed by atoms with Crippen LogP contribution in [0.15, 0.2) is 42.5 Å². The number of benzene rings is 2. The van der Waals surface area contributed by atoms with E-state index in [1.807, 2.05) is 30.3 Å². The monoisotopic (exact) mass is 452 g/mol. The molecule has 3 rings (SSSR count). The lowest BCUT2D eigenvalue weighted by Gasteiger charge is -2.37. The number of nitrogens with zero attached hydrogens (tertiary/aromatic N) is 1. The fraction of sp³-hybridized carbons (Fsp3) is 0.435. The van der Waals surface area contributed by atoms with Gasteiger partial charge < -0.3 is 4.90 Å². The Hall–Kier alpha value is -2.19. The van der Waals surface area contributed by atoms with Crippen LogP contribution in [0.4, 0.5) is 18.9 Å². The zero-order valence-corrected chi connectivity index (χ0v) is 18.9. The summed E-state index contributed by atoms with van der Waals surface area (Å²) in [6.45, 7) is 6.80. The van der Waals surface area contributed by atoms with Crippen LogP contribution in [0.25, 0.3) is 0 Å². The molecule has 1 heterocycles. The number of anilines is 1. The maximum absolute atomic E-state index is 14.1. The van der Waals surface area contributed by atoms with Gasteiger partial charge in [-0.1, -0.05) is 36.4 Å². The molecular formula is C23H27F3N2O2S. The van der Waals surface area contributed by atoms with Gasteiger partial charge >= 0.3 is 6.18 Å². The van der Waals surface area contributed by atoms with Gasteiger partial charge in [0.15, 0.2) is 0 Å². The topological polar surface area (TPSA) is 49.4 Å². The third-order valence-corrected chi connectivity index (χ3v) is 6.84. The first-order chi connectivity index (χ1) is 14.4. The van der Waals surface area contributed by atoms with Crippen molar-refractivity contribution in [2.45, 2.75) is 57.5 Å². The molecule has 1 amide bonds. The summed E-state index contributed by atoms with van der Waals surface area (Å²) >= 11 is 0. The lowest BCUT2D eigenvalue weighted by atomic mass is 9.89. The Morgan fingerprint density at radius 3 is 2.32 bits per heavy atom. The number of carbonyl (C=O) groups excluding carboxylic acids is 1. The number of hydrogen-bond donors (Lipinski definition) is 1. The molecule has 2 atom stereocenters. The van der Waals surface area contributed by atoms with Crippen LogP contribution in [0, 0.1) is 0 Å². The number of alkyl halides is 3. The average molecular weight is 453 g/mol. The minimum Gasteiger partial charge on any atom is -0.312 e. The molecule has 1 N–H and O–H groups in total. The van der Waals surface area contributed by atoms with Crippen LogP contribution in [0.3, 0.4) is 0 Å².